The first kappa shape index (κ1) is 11.1. The molecular weight excluding hydrogens is 230 g/mol. The molecule has 5 nitrogen and oxygen atoms in total. The monoisotopic (exact) mass is 243 g/mol. The van der Waals surface area contributed by atoms with Crippen LogP contribution in [-0.2, 0) is 11.3 Å². The lowest BCUT2D eigenvalue weighted by atomic mass is 10.2. The minimum Gasteiger partial charge on any atom is -0.391 e. The molecule has 18 heavy (non-hydrogen) atoms. The maximum absolute atomic E-state index is 11.6. The highest BCUT2D eigenvalue weighted by Crippen LogP contribution is 2.17. The van der Waals surface area contributed by atoms with Crippen molar-refractivity contribution in [3.05, 3.63) is 36.2 Å². The summed E-state index contributed by atoms with van der Waals surface area (Å²) in [5, 5.41) is 9.43. The zero-order valence-electron chi connectivity index (χ0n) is 9.78. The highest BCUT2D eigenvalue weighted by Gasteiger charge is 2.27. The number of carbonyl (C=O) groups excluding carboxylic acids is 1. The number of β-amino-alcohol motifs (C(OH)–C–C–N with tert-alkyl or cyclic N) is 1. The third kappa shape index (κ3) is 2.04. The molecule has 1 unspecified atom stereocenters. The Morgan fingerprint density at radius 2 is 2.06 bits per heavy atom. The van der Waals surface area contributed by atoms with E-state index in [9.17, 15) is 9.90 Å². The molecule has 0 radical (unpaired) electrons. The number of aliphatic hydroxyl groups is 1. The van der Waals surface area contributed by atoms with Crippen molar-refractivity contribution in [3.63, 3.8) is 0 Å². The standard InChI is InChI=1S/C13H13N3O2/c17-10-6-13(18)16(8-10)7-9-1-2-11-12(5-9)15-4-3-14-11/h1-5,10,17H,6-8H2. The zero-order valence-corrected chi connectivity index (χ0v) is 9.78. The molecule has 1 aliphatic rings. The van der Waals surface area contributed by atoms with Gasteiger partial charge in [-0.3, -0.25) is 14.8 Å². The fourth-order valence-electron chi connectivity index (χ4n) is 2.23. The minimum absolute atomic E-state index is 0.00161. The van der Waals surface area contributed by atoms with Crippen LogP contribution in [0.3, 0.4) is 0 Å². The molecule has 1 aliphatic heterocycles. The van der Waals surface area contributed by atoms with Gasteiger partial charge in [0.05, 0.1) is 23.6 Å². The fraction of sp³-hybridized carbons (Fsp3) is 0.308. The van der Waals surface area contributed by atoms with Crippen molar-refractivity contribution in [3.8, 4) is 0 Å². The summed E-state index contributed by atoms with van der Waals surface area (Å²) in [6.07, 6.45) is 3.00. The number of hydrogen-bond acceptors (Lipinski definition) is 4. The Morgan fingerprint density at radius 1 is 1.28 bits per heavy atom. The van der Waals surface area contributed by atoms with Crippen molar-refractivity contribution >= 4 is 16.9 Å². The van der Waals surface area contributed by atoms with Gasteiger partial charge < -0.3 is 10.0 Å². The molecule has 0 spiro atoms. The quantitative estimate of drug-likeness (QED) is 0.844. The van der Waals surface area contributed by atoms with Crippen LogP contribution in [0.15, 0.2) is 30.6 Å². The molecule has 1 aromatic heterocycles. The molecule has 2 heterocycles. The van der Waals surface area contributed by atoms with Crippen molar-refractivity contribution in [2.24, 2.45) is 0 Å². The SMILES string of the molecule is O=C1CC(O)CN1Cc1ccc2nccnc2c1. The molecule has 3 rings (SSSR count). The maximum Gasteiger partial charge on any atom is 0.225 e. The Kier molecular flexibility index (Phi) is 2.68. The first-order valence-electron chi connectivity index (χ1n) is 5.88. The zero-order chi connectivity index (χ0) is 12.5. The van der Waals surface area contributed by atoms with E-state index >= 15 is 0 Å². The Balaban J connectivity index is 1.84. The van der Waals surface area contributed by atoms with E-state index < -0.39 is 6.10 Å². The predicted octanol–water partition coefficient (Wildman–Crippen LogP) is 0.723. The summed E-state index contributed by atoms with van der Waals surface area (Å²) in [5.74, 6) is 0.00161. The summed E-state index contributed by atoms with van der Waals surface area (Å²) in [6, 6.07) is 5.77. The van der Waals surface area contributed by atoms with Gasteiger partial charge in [-0.05, 0) is 17.7 Å². The second kappa shape index (κ2) is 4.34. The van der Waals surface area contributed by atoms with Crippen LogP contribution in [0.5, 0.6) is 0 Å². The number of aromatic nitrogens is 2. The molecule has 1 saturated heterocycles. The molecule has 1 fully saturated rings. The maximum atomic E-state index is 11.6. The summed E-state index contributed by atoms with van der Waals surface area (Å²) < 4.78 is 0. The number of rotatable bonds is 2. The first-order valence-corrected chi connectivity index (χ1v) is 5.88. The number of benzene rings is 1. The van der Waals surface area contributed by atoms with Gasteiger partial charge in [0.1, 0.15) is 0 Å². The van der Waals surface area contributed by atoms with E-state index in [1.165, 1.54) is 0 Å². The summed E-state index contributed by atoms with van der Waals surface area (Å²) in [5.41, 5.74) is 2.67. The average Bonchev–Trinajstić information content (AvgIpc) is 2.68. The third-order valence-corrected chi connectivity index (χ3v) is 3.10. The molecule has 1 aromatic carbocycles. The number of fused-ring (bicyclic) bond motifs is 1. The summed E-state index contributed by atoms with van der Waals surface area (Å²) >= 11 is 0. The molecule has 0 saturated carbocycles. The van der Waals surface area contributed by atoms with Crippen LogP contribution in [0.25, 0.3) is 11.0 Å². The molecule has 5 heteroatoms. The van der Waals surface area contributed by atoms with Crippen LogP contribution in [0, 0.1) is 0 Å². The highest BCUT2D eigenvalue weighted by molar-refractivity contribution is 5.79. The molecular formula is C13H13N3O2. The summed E-state index contributed by atoms with van der Waals surface area (Å²) in [4.78, 5) is 21.7. The van der Waals surface area contributed by atoms with Gasteiger partial charge >= 0.3 is 0 Å². The van der Waals surface area contributed by atoms with Gasteiger partial charge in [0.25, 0.3) is 0 Å². The van der Waals surface area contributed by atoms with Gasteiger partial charge in [-0.1, -0.05) is 6.07 Å². The molecule has 2 aromatic rings. The van der Waals surface area contributed by atoms with E-state index in [4.69, 9.17) is 0 Å². The van der Waals surface area contributed by atoms with Crippen LogP contribution in [0.2, 0.25) is 0 Å². The molecule has 0 aliphatic carbocycles. The Morgan fingerprint density at radius 3 is 2.78 bits per heavy atom. The van der Waals surface area contributed by atoms with E-state index in [0.717, 1.165) is 16.6 Å². The van der Waals surface area contributed by atoms with E-state index in [1.807, 2.05) is 18.2 Å². The second-order valence-corrected chi connectivity index (χ2v) is 4.51. The average molecular weight is 243 g/mol. The number of aliphatic hydroxyl groups excluding tert-OH is 1. The molecule has 1 N–H and O–H groups in total. The Labute approximate surface area is 104 Å². The van der Waals surface area contributed by atoms with E-state index in [2.05, 4.69) is 9.97 Å². The molecule has 1 amide bonds. The number of amides is 1. The normalized spacial score (nSPS) is 19.7. The summed E-state index contributed by atoms with van der Waals surface area (Å²) in [7, 11) is 0. The fourth-order valence-corrected chi connectivity index (χ4v) is 2.23. The number of carbonyl (C=O) groups is 1. The Bertz CT molecular complexity index is 600. The van der Waals surface area contributed by atoms with Crippen LogP contribution in [0.4, 0.5) is 0 Å². The first-order chi connectivity index (χ1) is 8.72. The van der Waals surface area contributed by atoms with Crippen molar-refractivity contribution in [2.45, 2.75) is 19.1 Å². The molecule has 1 atom stereocenters. The highest BCUT2D eigenvalue weighted by atomic mass is 16.3. The van der Waals surface area contributed by atoms with Crippen molar-refractivity contribution in [2.75, 3.05) is 6.54 Å². The van der Waals surface area contributed by atoms with Crippen molar-refractivity contribution < 1.29 is 9.90 Å². The Hall–Kier alpha value is -2.01. The van der Waals surface area contributed by atoms with Crippen LogP contribution in [-0.4, -0.2) is 38.5 Å². The lowest BCUT2D eigenvalue weighted by Crippen LogP contribution is -2.25. The van der Waals surface area contributed by atoms with Gasteiger partial charge in [0, 0.05) is 25.5 Å². The van der Waals surface area contributed by atoms with E-state index in [1.54, 1.807) is 17.3 Å². The third-order valence-electron chi connectivity index (χ3n) is 3.10. The van der Waals surface area contributed by atoms with E-state index in [0.29, 0.717) is 13.1 Å². The number of nitrogens with zero attached hydrogens (tertiary/aromatic N) is 3. The van der Waals surface area contributed by atoms with Gasteiger partial charge in [-0.2, -0.15) is 0 Å². The smallest absolute Gasteiger partial charge is 0.225 e. The summed E-state index contributed by atoms with van der Waals surface area (Å²) in [6.45, 7) is 0.930. The predicted molar refractivity (Wildman–Crippen MR) is 65.6 cm³/mol. The lowest BCUT2D eigenvalue weighted by Gasteiger charge is -2.15. The molecule has 92 valence electrons. The van der Waals surface area contributed by atoms with Gasteiger partial charge in [-0.25, -0.2) is 0 Å². The van der Waals surface area contributed by atoms with Crippen LogP contribution < -0.4 is 0 Å². The van der Waals surface area contributed by atoms with E-state index in [-0.39, 0.29) is 12.3 Å². The second-order valence-electron chi connectivity index (χ2n) is 4.51. The van der Waals surface area contributed by atoms with Gasteiger partial charge in [-0.15, -0.1) is 0 Å². The minimum atomic E-state index is -0.530. The molecule has 0 bridgehead atoms. The lowest BCUT2D eigenvalue weighted by molar-refractivity contribution is -0.128. The topological polar surface area (TPSA) is 66.3 Å². The van der Waals surface area contributed by atoms with Crippen LogP contribution in [0.1, 0.15) is 12.0 Å². The van der Waals surface area contributed by atoms with Gasteiger partial charge in [0.15, 0.2) is 0 Å². The number of hydrogen-bond donors (Lipinski definition) is 1. The number of likely N-dealkylation sites (tertiary alicyclic amines) is 1. The van der Waals surface area contributed by atoms with Crippen molar-refractivity contribution in [1.82, 2.24) is 14.9 Å². The van der Waals surface area contributed by atoms with Crippen molar-refractivity contribution in [1.29, 1.82) is 0 Å². The largest absolute Gasteiger partial charge is 0.391 e. The van der Waals surface area contributed by atoms with Gasteiger partial charge in [0.2, 0.25) is 5.91 Å². The van der Waals surface area contributed by atoms with Crippen LogP contribution >= 0.6 is 0 Å².